The molecule has 8 aromatic carbocycles. The van der Waals surface area contributed by atoms with Gasteiger partial charge in [-0.3, -0.25) is 9.97 Å². The molecule has 0 radical (unpaired) electrons. The minimum atomic E-state index is -5.05. The molecule has 0 atom stereocenters. The third-order valence-corrected chi connectivity index (χ3v) is 12.8. The highest BCUT2D eigenvalue weighted by atomic mass is 19.4. The summed E-state index contributed by atoms with van der Waals surface area (Å²) in [4.78, 5) is 9.20. The maximum absolute atomic E-state index is 16.7. The zero-order chi connectivity index (χ0) is 46.1. The molecule has 9 heteroatoms. The number of hydrogen-bond donors (Lipinski definition) is 0. The van der Waals surface area contributed by atoms with Crippen LogP contribution in [0.25, 0.3) is 111 Å². The van der Waals surface area contributed by atoms with E-state index in [4.69, 9.17) is 0 Å². The van der Waals surface area contributed by atoms with Gasteiger partial charge < -0.3 is 9.13 Å². The molecule has 4 nitrogen and oxygen atoms in total. The van der Waals surface area contributed by atoms with Crippen molar-refractivity contribution in [2.75, 3.05) is 0 Å². The van der Waals surface area contributed by atoms with Gasteiger partial charge in [0.1, 0.15) is 17.2 Å². The average molecular weight is 895 g/mol. The molecule has 12 aromatic rings. The standard InChI is InChI=1S/C59H35F5N4/c60-47-18-11-19-48(61)56(47)44-24-27-55(67-51-20-9-7-16-42(51)45-32-38(22-25-53(45)67)40-28-30-65-49(34-40)36-12-3-1-4-13-36)57(59(62,63)64)58(44)68-52-21-10-8-17-43(52)46-33-39(23-26-54(46)68)41-29-31-66-50(35-41)37-14-5-2-6-15-37/h1-35H. The topological polar surface area (TPSA) is 35.6 Å². The van der Waals surface area contributed by atoms with Crippen molar-refractivity contribution in [3.05, 3.63) is 230 Å². The number of aromatic nitrogens is 4. The Morgan fingerprint density at radius 3 is 1.35 bits per heavy atom. The summed E-state index contributed by atoms with van der Waals surface area (Å²) in [7, 11) is 0. The lowest BCUT2D eigenvalue weighted by Crippen LogP contribution is -2.17. The van der Waals surface area contributed by atoms with Gasteiger partial charge in [0, 0.05) is 50.6 Å². The summed E-state index contributed by atoms with van der Waals surface area (Å²) in [6.07, 6.45) is -1.57. The molecule has 0 bridgehead atoms. The Morgan fingerprint density at radius 2 is 0.824 bits per heavy atom. The van der Waals surface area contributed by atoms with E-state index in [9.17, 15) is 0 Å². The highest BCUT2D eigenvalue weighted by Gasteiger charge is 2.41. The number of hydrogen-bond acceptors (Lipinski definition) is 2. The Morgan fingerprint density at radius 1 is 0.368 bits per heavy atom. The maximum atomic E-state index is 16.7. The third kappa shape index (κ3) is 6.73. The van der Waals surface area contributed by atoms with Gasteiger partial charge in [0.25, 0.3) is 0 Å². The van der Waals surface area contributed by atoms with E-state index in [-0.39, 0.29) is 11.3 Å². The number of rotatable bonds is 7. The first-order valence-electron chi connectivity index (χ1n) is 22.0. The summed E-state index contributed by atoms with van der Waals surface area (Å²) in [6, 6.07) is 59.3. The van der Waals surface area contributed by atoms with Crippen molar-refractivity contribution in [1.82, 2.24) is 19.1 Å². The minimum absolute atomic E-state index is 0.199. The predicted octanol–water partition coefficient (Wildman–Crippen LogP) is 16.3. The molecule has 0 aliphatic heterocycles. The Bertz CT molecular complexity index is 3910. The van der Waals surface area contributed by atoms with Gasteiger partial charge >= 0.3 is 6.18 Å². The van der Waals surface area contributed by atoms with E-state index in [1.165, 1.54) is 22.8 Å². The van der Waals surface area contributed by atoms with Gasteiger partial charge in [-0.1, -0.05) is 115 Å². The molecule has 0 aliphatic carbocycles. The van der Waals surface area contributed by atoms with Crippen LogP contribution in [0.3, 0.4) is 0 Å². The summed E-state index contributed by atoms with van der Waals surface area (Å²) in [6.45, 7) is 0. The largest absolute Gasteiger partial charge is 0.420 e. The lowest BCUT2D eigenvalue weighted by Gasteiger charge is -2.24. The van der Waals surface area contributed by atoms with Gasteiger partial charge in [-0.2, -0.15) is 13.2 Å². The van der Waals surface area contributed by atoms with Crippen LogP contribution >= 0.6 is 0 Å². The molecule has 0 N–H and O–H groups in total. The molecule has 0 amide bonds. The lowest BCUT2D eigenvalue weighted by molar-refractivity contribution is -0.137. The van der Waals surface area contributed by atoms with Gasteiger partial charge in [-0.15, -0.1) is 0 Å². The van der Waals surface area contributed by atoms with Crippen LogP contribution in [0.4, 0.5) is 22.0 Å². The maximum Gasteiger partial charge on any atom is 0.420 e. The van der Waals surface area contributed by atoms with E-state index in [1.807, 2.05) is 140 Å². The summed E-state index contributed by atoms with van der Waals surface area (Å²) in [5, 5.41) is 2.78. The highest BCUT2D eigenvalue weighted by Crippen LogP contribution is 2.49. The van der Waals surface area contributed by atoms with Crippen molar-refractivity contribution in [3.8, 4) is 67.3 Å². The van der Waals surface area contributed by atoms with Crippen LogP contribution in [0.15, 0.2) is 213 Å². The highest BCUT2D eigenvalue weighted by molar-refractivity contribution is 6.13. The summed E-state index contributed by atoms with van der Waals surface area (Å²) >= 11 is 0. The molecule has 0 spiro atoms. The number of alkyl halides is 3. The molecule has 0 fully saturated rings. The van der Waals surface area contributed by atoms with Crippen molar-refractivity contribution in [3.63, 3.8) is 0 Å². The number of nitrogens with zero attached hydrogens (tertiary/aromatic N) is 4. The molecule has 68 heavy (non-hydrogen) atoms. The lowest BCUT2D eigenvalue weighted by atomic mass is 9.96. The quantitative estimate of drug-likeness (QED) is 0.149. The molecule has 0 saturated carbocycles. The van der Waals surface area contributed by atoms with E-state index in [0.29, 0.717) is 32.8 Å². The molecule has 326 valence electrons. The van der Waals surface area contributed by atoms with E-state index in [0.717, 1.165) is 67.7 Å². The van der Waals surface area contributed by atoms with Gasteiger partial charge in [0.15, 0.2) is 0 Å². The number of benzene rings is 8. The average Bonchev–Trinajstić information content (AvgIpc) is 3.88. The molecular formula is C59H35F5N4. The van der Waals surface area contributed by atoms with Crippen LogP contribution < -0.4 is 0 Å². The first-order valence-corrected chi connectivity index (χ1v) is 22.0. The Labute approximate surface area is 386 Å². The van der Waals surface area contributed by atoms with Gasteiger partial charge in [-0.25, -0.2) is 8.78 Å². The number of fused-ring (bicyclic) bond motifs is 6. The molecule has 4 heterocycles. The van der Waals surface area contributed by atoms with Crippen LogP contribution in [0.2, 0.25) is 0 Å². The van der Waals surface area contributed by atoms with E-state index >= 15 is 22.0 Å². The van der Waals surface area contributed by atoms with Crippen LogP contribution in [0.1, 0.15) is 5.56 Å². The fourth-order valence-corrected chi connectivity index (χ4v) is 9.79. The van der Waals surface area contributed by atoms with Crippen LogP contribution in [-0.2, 0) is 6.18 Å². The molecule has 12 rings (SSSR count). The van der Waals surface area contributed by atoms with E-state index < -0.39 is 34.6 Å². The zero-order valence-corrected chi connectivity index (χ0v) is 35.9. The number of pyridine rings is 2. The van der Waals surface area contributed by atoms with Crippen molar-refractivity contribution >= 4 is 43.6 Å². The first kappa shape index (κ1) is 40.8. The monoisotopic (exact) mass is 894 g/mol. The van der Waals surface area contributed by atoms with Crippen molar-refractivity contribution in [1.29, 1.82) is 0 Å². The third-order valence-electron chi connectivity index (χ3n) is 12.8. The smallest absolute Gasteiger partial charge is 0.309 e. The Balaban J connectivity index is 1.13. The van der Waals surface area contributed by atoms with Crippen LogP contribution in [0.5, 0.6) is 0 Å². The van der Waals surface area contributed by atoms with Crippen LogP contribution in [0, 0.1) is 11.6 Å². The van der Waals surface area contributed by atoms with Crippen molar-refractivity contribution < 1.29 is 22.0 Å². The second-order valence-corrected chi connectivity index (χ2v) is 16.7. The summed E-state index contributed by atoms with van der Waals surface area (Å²) in [5.41, 5.74) is 6.31. The predicted molar refractivity (Wildman–Crippen MR) is 263 cm³/mol. The molecule has 0 unspecified atom stereocenters. The first-order chi connectivity index (χ1) is 33.2. The zero-order valence-electron chi connectivity index (χ0n) is 35.9. The van der Waals surface area contributed by atoms with E-state index in [1.54, 1.807) is 47.3 Å². The summed E-state index contributed by atoms with van der Waals surface area (Å²) < 4.78 is 85.5. The van der Waals surface area contributed by atoms with Gasteiger partial charge in [-0.05, 0) is 107 Å². The molecule has 4 aromatic heterocycles. The minimum Gasteiger partial charge on any atom is -0.309 e. The molecular weight excluding hydrogens is 860 g/mol. The fraction of sp³-hybridized carbons (Fsp3) is 0.0169. The Kier molecular flexibility index (Phi) is 9.62. The number of para-hydroxylation sites is 2. The van der Waals surface area contributed by atoms with Crippen molar-refractivity contribution in [2.45, 2.75) is 6.18 Å². The Hall–Kier alpha value is -8.69. The van der Waals surface area contributed by atoms with Gasteiger partial charge in [0.2, 0.25) is 0 Å². The van der Waals surface area contributed by atoms with Crippen molar-refractivity contribution in [2.24, 2.45) is 0 Å². The normalized spacial score (nSPS) is 11.9. The fourth-order valence-electron chi connectivity index (χ4n) is 9.79. The second kappa shape index (κ2) is 16.0. The molecule has 0 aliphatic rings. The SMILES string of the molecule is Fc1cccc(F)c1-c1ccc(-n2c3ccccc3c3cc(-c4ccnc(-c5ccccc5)c4)ccc32)c(C(F)(F)F)c1-n1c2ccccc2c2cc(-c3ccnc(-c4ccccc4)c3)ccc21. The number of halogens is 5. The van der Waals surface area contributed by atoms with E-state index in [2.05, 4.69) is 9.97 Å². The second-order valence-electron chi connectivity index (χ2n) is 16.7. The van der Waals surface area contributed by atoms with Gasteiger partial charge in [0.05, 0.1) is 50.4 Å². The molecule has 0 saturated heterocycles. The summed E-state index contributed by atoms with van der Waals surface area (Å²) in [5.74, 6) is -1.98. The van der Waals surface area contributed by atoms with Crippen LogP contribution in [-0.4, -0.2) is 19.1 Å².